The zero-order valence-electron chi connectivity index (χ0n) is 16.0. The number of H-pyrrole nitrogens is 1. The van der Waals surface area contributed by atoms with Gasteiger partial charge < -0.3 is 14.5 Å². The molecule has 1 aromatic carbocycles. The number of aromatic amines is 1. The number of carbonyl (C=O) groups excluding carboxylic acids is 2. The summed E-state index contributed by atoms with van der Waals surface area (Å²) in [5.41, 5.74) is 2.98. The molecule has 0 aliphatic heterocycles. The van der Waals surface area contributed by atoms with Crippen molar-refractivity contribution in [1.29, 1.82) is 0 Å². The van der Waals surface area contributed by atoms with E-state index in [1.807, 2.05) is 0 Å². The average Bonchev–Trinajstić information content (AvgIpc) is 3.04. The Labute approximate surface area is 171 Å². The van der Waals surface area contributed by atoms with E-state index >= 15 is 0 Å². The topological polar surface area (TPSA) is 100 Å². The number of nitrogens with zero attached hydrogens (tertiary/aromatic N) is 3. The molecule has 8 nitrogen and oxygen atoms in total. The van der Waals surface area contributed by atoms with E-state index in [1.165, 1.54) is 18.3 Å². The van der Waals surface area contributed by atoms with Gasteiger partial charge in [0.15, 0.2) is 5.82 Å². The number of hydrogen-bond donors (Lipinski definition) is 2. The van der Waals surface area contributed by atoms with Gasteiger partial charge in [0.05, 0.1) is 16.1 Å². The number of aldehydes is 1. The summed E-state index contributed by atoms with van der Waals surface area (Å²) in [4.78, 5) is 34.9. The maximum Gasteiger partial charge on any atom is 0.429 e. The number of anilines is 1. The van der Waals surface area contributed by atoms with Gasteiger partial charge in [-0.05, 0) is 39.0 Å². The molecule has 3 rings (SSSR count). The van der Waals surface area contributed by atoms with E-state index in [-0.39, 0.29) is 28.8 Å². The van der Waals surface area contributed by atoms with Crippen LogP contribution in [0.5, 0.6) is 0 Å². The van der Waals surface area contributed by atoms with Crippen molar-refractivity contribution in [2.45, 2.75) is 26.4 Å². The normalized spacial score (nSPS) is 11.3. The molecule has 0 fully saturated rings. The largest absolute Gasteiger partial charge is 0.442 e. The quantitative estimate of drug-likeness (QED) is 0.475. The summed E-state index contributed by atoms with van der Waals surface area (Å²) in [6.45, 7) is 4.85. The van der Waals surface area contributed by atoms with Crippen LogP contribution in [0.4, 0.5) is 15.0 Å². The molecule has 0 spiro atoms. The third-order valence-corrected chi connectivity index (χ3v) is 4.03. The van der Waals surface area contributed by atoms with E-state index in [4.69, 9.17) is 16.3 Å². The summed E-state index contributed by atoms with van der Waals surface area (Å²) in [5.74, 6) is -0.140. The number of benzene rings is 1. The van der Waals surface area contributed by atoms with E-state index in [2.05, 4.69) is 20.4 Å². The monoisotopic (exact) mass is 419 g/mol. The highest BCUT2D eigenvalue weighted by Crippen LogP contribution is 2.31. The maximum absolute atomic E-state index is 14.3. The molecule has 0 saturated heterocycles. The summed E-state index contributed by atoms with van der Waals surface area (Å²) in [5, 5.41) is 1.17. The second kappa shape index (κ2) is 8.04. The van der Waals surface area contributed by atoms with Gasteiger partial charge in [-0.1, -0.05) is 17.7 Å². The zero-order chi connectivity index (χ0) is 21.2. The molecule has 10 heteroatoms. The molecule has 2 aromatic heterocycles. The highest BCUT2D eigenvalue weighted by Gasteiger charge is 2.24. The van der Waals surface area contributed by atoms with Gasteiger partial charge in [-0.3, -0.25) is 5.43 Å². The van der Waals surface area contributed by atoms with Crippen LogP contribution >= 0.6 is 11.6 Å². The summed E-state index contributed by atoms with van der Waals surface area (Å²) < 4.78 is 19.5. The molecule has 29 heavy (non-hydrogen) atoms. The van der Waals surface area contributed by atoms with Crippen LogP contribution in [0.2, 0.25) is 5.02 Å². The molecule has 1 amide bonds. The molecule has 0 aliphatic rings. The van der Waals surface area contributed by atoms with Crippen LogP contribution in [0.25, 0.3) is 22.4 Å². The fraction of sp³-hybridized carbons (Fsp3) is 0.263. The first-order valence-corrected chi connectivity index (χ1v) is 9.07. The second-order valence-corrected chi connectivity index (χ2v) is 7.51. The Morgan fingerprint density at radius 2 is 2.14 bits per heavy atom. The number of imidazole rings is 1. The van der Waals surface area contributed by atoms with E-state index in [1.54, 1.807) is 32.9 Å². The van der Waals surface area contributed by atoms with E-state index < -0.39 is 17.5 Å². The lowest BCUT2D eigenvalue weighted by atomic mass is 10.2. The Bertz CT molecular complexity index is 1040. The number of halogens is 2. The number of aromatic nitrogens is 3. The Morgan fingerprint density at radius 3 is 2.79 bits per heavy atom. The lowest BCUT2D eigenvalue weighted by molar-refractivity contribution is -0.108. The molecule has 2 N–H and O–H groups in total. The fourth-order valence-corrected chi connectivity index (χ4v) is 2.80. The minimum atomic E-state index is -0.753. The van der Waals surface area contributed by atoms with Crippen LogP contribution in [0.15, 0.2) is 30.5 Å². The van der Waals surface area contributed by atoms with Gasteiger partial charge in [-0.25, -0.2) is 24.2 Å². The van der Waals surface area contributed by atoms with Gasteiger partial charge >= 0.3 is 6.09 Å². The SMILES string of the molecule is CC(C)(C)OC(=O)N(CC=O)Nc1nccc2[nH]c(-c3c(F)cccc3Cl)nc12. The number of pyridine rings is 1. The molecule has 0 bridgehead atoms. The Kier molecular flexibility index (Phi) is 5.69. The van der Waals surface area contributed by atoms with Gasteiger partial charge in [0, 0.05) is 6.20 Å². The number of carbonyl (C=O) groups is 2. The summed E-state index contributed by atoms with van der Waals surface area (Å²) in [6.07, 6.45) is 1.27. The van der Waals surface area contributed by atoms with Crippen molar-refractivity contribution in [2.75, 3.05) is 12.0 Å². The van der Waals surface area contributed by atoms with Gasteiger partial charge in [0.25, 0.3) is 0 Å². The lowest BCUT2D eigenvalue weighted by Gasteiger charge is -2.26. The third-order valence-electron chi connectivity index (χ3n) is 3.71. The predicted molar refractivity (Wildman–Crippen MR) is 107 cm³/mol. The minimum Gasteiger partial charge on any atom is -0.442 e. The van der Waals surface area contributed by atoms with Crippen molar-refractivity contribution in [3.05, 3.63) is 41.3 Å². The first-order valence-electron chi connectivity index (χ1n) is 8.69. The number of fused-ring (bicyclic) bond motifs is 1. The number of hydrazine groups is 1. The number of hydrogen-bond acceptors (Lipinski definition) is 6. The Hall–Kier alpha value is -3.20. The smallest absolute Gasteiger partial charge is 0.429 e. The van der Waals surface area contributed by atoms with Crippen molar-refractivity contribution >= 4 is 40.8 Å². The molecule has 0 saturated carbocycles. The van der Waals surface area contributed by atoms with Crippen LogP contribution in [-0.2, 0) is 9.53 Å². The molecular weight excluding hydrogens is 401 g/mol. The summed E-state index contributed by atoms with van der Waals surface area (Å²) in [6, 6.07) is 5.97. The summed E-state index contributed by atoms with van der Waals surface area (Å²) in [7, 11) is 0. The molecule has 0 atom stereocenters. The molecule has 152 valence electrons. The van der Waals surface area contributed by atoms with Crippen LogP contribution in [0.3, 0.4) is 0 Å². The highest BCUT2D eigenvalue weighted by molar-refractivity contribution is 6.33. The van der Waals surface area contributed by atoms with Crippen molar-refractivity contribution in [3.8, 4) is 11.4 Å². The first kappa shape index (κ1) is 20.5. The molecule has 3 aromatic rings. The highest BCUT2D eigenvalue weighted by atomic mass is 35.5. The van der Waals surface area contributed by atoms with Gasteiger partial charge in [0.1, 0.15) is 35.6 Å². The minimum absolute atomic E-state index is 0.119. The van der Waals surface area contributed by atoms with Gasteiger partial charge in [-0.15, -0.1) is 0 Å². The van der Waals surface area contributed by atoms with Crippen molar-refractivity contribution in [2.24, 2.45) is 0 Å². The molecule has 0 radical (unpaired) electrons. The number of ether oxygens (including phenoxy) is 1. The molecule has 2 heterocycles. The standard InChI is InChI=1S/C19H19ClFN5O3/c1-19(2,3)29-18(28)26(9-10-27)25-17-15-13(7-8-22-17)23-16(24-15)14-11(20)5-4-6-12(14)21/h4-8,10H,9H2,1-3H3,(H,22,25)(H,23,24). The van der Waals surface area contributed by atoms with Crippen molar-refractivity contribution in [3.63, 3.8) is 0 Å². The predicted octanol–water partition coefficient (Wildman–Crippen LogP) is 4.18. The zero-order valence-corrected chi connectivity index (χ0v) is 16.7. The Morgan fingerprint density at radius 1 is 1.38 bits per heavy atom. The number of nitrogens with one attached hydrogen (secondary N) is 2. The van der Waals surface area contributed by atoms with E-state index in [0.29, 0.717) is 17.3 Å². The lowest BCUT2D eigenvalue weighted by Crippen LogP contribution is -2.41. The van der Waals surface area contributed by atoms with E-state index in [0.717, 1.165) is 5.01 Å². The number of amides is 1. The van der Waals surface area contributed by atoms with Crippen LogP contribution < -0.4 is 5.43 Å². The van der Waals surface area contributed by atoms with Crippen LogP contribution in [0, 0.1) is 5.82 Å². The molecular formula is C19H19ClFN5O3. The van der Waals surface area contributed by atoms with Gasteiger partial charge in [0.2, 0.25) is 0 Å². The van der Waals surface area contributed by atoms with Gasteiger partial charge in [-0.2, -0.15) is 0 Å². The molecule has 0 aliphatic carbocycles. The van der Waals surface area contributed by atoms with E-state index in [9.17, 15) is 14.0 Å². The van der Waals surface area contributed by atoms with Crippen LogP contribution in [0.1, 0.15) is 20.8 Å². The second-order valence-electron chi connectivity index (χ2n) is 7.11. The third kappa shape index (κ3) is 4.62. The Balaban J connectivity index is 1.98. The fourth-order valence-electron chi connectivity index (χ4n) is 2.54. The molecule has 0 unspecified atom stereocenters. The number of rotatable bonds is 5. The van der Waals surface area contributed by atoms with Crippen molar-refractivity contribution < 1.29 is 18.7 Å². The summed E-state index contributed by atoms with van der Waals surface area (Å²) >= 11 is 6.12. The van der Waals surface area contributed by atoms with Crippen LogP contribution in [-0.4, -0.2) is 44.5 Å². The average molecular weight is 420 g/mol. The van der Waals surface area contributed by atoms with Crippen molar-refractivity contribution in [1.82, 2.24) is 20.0 Å². The maximum atomic E-state index is 14.3. The first-order chi connectivity index (χ1) is 13.7.